The Morgan fingerprint density at radius 3 is 2.44 bits per heavy atom. The summed E-state index contributed by atoms with van der Waals surface area (Å²) in [6.45, 7) is 8.39. The largest absolute Gasteiger partial charge is 0.240 e. The van der Waals surface area contributed by atoms with Crippen LogP contribution in [0.25, 0.3) is 4.96 Å². The highest BCUT2D eigenvalue weighted by Gasteiger charge is 2.17. The molecule has 134 valence electrons. The lowest BCUT2D eigenvalue weighted by molar-refractivity contribution is 0.578. The molecule has 1 aromatic carbocycles. The van der Waals surface area contributed by atoms with Gasteiger partial charge in [0.1, 0.15) is 5.01 Å². The van der Waals surface area contributed by atoms with Crippen LogP contribution in [0.5, 0.6) is 0 Å². The van der Waals surface area contributed by atoms with Gasteiger partial charge in [-0.3, -0.25) is 0 Å². The maximum atomic E-state index is 12.4. The molecule has 0 saturated carbocycles. The van der Waals surface area contributed by atoms with Crippen molar-refractivity contribution in [3.63, 3.8) is 0 Å². The predicted molar refractivity (Wildman–Crippen MR) is 97.4 cm³/mol. The van der Waals surface area contributed by atoms with Gasteiger partial charge in [-0.05, 0) is 30.0 Å². The molecule has 0 aliphatic rings. The molecule has 2 heterocycles. The molecule has 0 aliphatic heterocycles. The SMILES string of the molecule is Cc1nnc2sc(CCNS(=O)(=O)c3ccc(C(C)(C)C)cc3)nn12. The van der Waals surface area contributed by atoms with Crippen molar-refractivity contribution in [2.24, 2.45) is 0 Å². The van der Waals surface area contributed by atoms with Crippen molar-refractivity contribution >= 4 is 26.3 Å². The van der Waals surface area contributed by atoms with E-state index in [0.717, 1.165) is 16.4 Å². The van der Waals surface area contributed by atoms with Gasteiger partial charge in [0.25, 0.3) is 0 Å². The first-order valence-corrected chi connectivity index (χ1v) is 10.2. The fraction of sp³-hybridized carbons (Fsp3) is 0.438. The van der Waals surface area contributed by atoms with Gasteiger partial charge in [-0.25, -0.2) is 13.1 Å². The summed E-state index contributed by atoms with van der Waals surface area (Å²) in [4.78, 5) is 0.989. The van der Waals surface area contributed by atoms with Crippen molar-refractivity contribution in [3.8, 4) is 0 Å². The third-order valence-electron chi connectivity index (χ3n) is 3.85. The molecule has 0 atom stereocenters. The molecule has 0 saturated heterocycles. The zero-order chi connectivity index (χ0) is 18.2. The average molecular weight is 380 g/mol. The maximum Gasteiger partial charge on any atom is 0.240 e. The maximum absolute atomic E-state index is 12.4. The second-order valence-corrected chi connectivity index (χ2v) is 9.67. The Labute approximate surface area is 151 Å². The number of sulfonamides is 1. The van der Waals surface area contributed by atoms with Crippen LogP contribution in [0, 0.1) is 6.92 Å². The average Bonchev–Trinajstić information content (AvgIpc) is 3.08. The number of hydrogen-bond donors (Lipinski definition) is 1. The van der Waals surface area contributed by atoms with Crippen LogP contribution in [0.2, 0.25) is 0 Å². The van der Waals surface area contributed by atoms with E-state index in [2.05, 4.69) is 40.8 Å². The molecule has 0 bridgehead atoms. The van der Waals surface area contributed by atoms with Crippen LogP contribution in [0.3, 0.4) is 0 Å². The molecule has 3 aromatic rings. The van der Waals surface area contributed by atoms with Crippen molar-refractivity contribution in [2.75, 3.05) is 6.54 Å². The minimum atomic E-state index is -3.53. The summed E-state index contributed by atoms with van der Waals surface area (Å²) in [5, 5.41) is 13.1. The molecule has 25 heavy (non-hydrogen) atoms. The lowest BCUT2D eigenvalue weighted by Crippen LogP contribution is -2.26. The Hall–Kier alpha value is -1.84. The van der Waals surface area contributed by atoms with Crippen LogP contribution in [0.4, 0.5) is 0 Å². The highest BCUT2D eigenvalue weighted by Crippen LogP contribution is 2.23. The molecule has 0 amide bonds. The molecule has 2 aromatic heterocycles. The van der Waals surface area contributed by atoms with Crippen LogP contribution in [-0.4, -0.2) is 34.8 Å². The number of fused-ring (bicyclic) bond motifs is 1. The predicted octanol–water partition coefficient (Wildman–Crippen LogP) is 2.31. The monoisotopic (exact) mass is 379 g/mol. The fourth-order valence-corrected chi connectivity index (χ4v) is 4.28. The Kier molecular flexibility index (Phi) is 4.65. The number of nitrogens with zero attached hydrogens (tertiary/aromatic N) is 4. The van der Waals surface area contributed by atoms with E-state index in [1.807, 2.05) is 19.1 Å². The van der Waals surface area contributed by atoms with Crippen molar-refractivity contribution in [2.45, 2.75) is 44.4 Å². The molecule has 9 heteroatoms. The van der Waals surface area contributed by atoms with Gasteiger partial charge in [0, 0.05) is 13.0 Å². The zero-order valence-corrected chi connectivity index (χ0v) is 16.3. The Balaban J connectivity index is 1.65. The zero-order valence-electron chi connectivity index (χ0n) is 14.6. The molecule has 0 aliphatic carbocycles. The number of nitrogens with one attached hydrogen (secondary N) is 1. The van der Waals surface area contributed by atoms with Crippen molar-refractivity contribution in [1.29, 1.82) is 0 Å². The summed E-state index contributed by atoms with van der Waals surface area (Å²) in [5.74, 6) is 0.719. The van der Waals surface area contributed by atoms with Gasteiger partial charge in [-0.1, -0.05) is 44.2 Å². The first-order valence-electron chi connectivity index (χ1n) is 7.95. The molecule has 0 radical (unpaired) electrons. The molecule has 0 fully saturated rings. The molecular weight excluding hydrogens is 358 g/mol. The number of rotatable bonds is 5. The highest BCUT2D eigenvalue weighted by atomic mass is 32.2. The van der Waals surface area contributed by atoms with Gasteiger partial charge in [0.15, 0.2) is 5.82 Å². The number of hydrogen-bond acceptors (Lipinski definition) is 6. The van der Waals surface area contributed by atoms with Gasteiger partial charge < -0.3 is 0 Å². The van der Waals surface area contributed by atoms with Crippen LogP contribution < -0.4 is 4.72 Å². The molecule has 0 spiro atoms. The molecule has 3 rings (SSSR count). The van der Waals surface area contributed by atoms with E-state index in [1.54, 1.807) is 16.6 Å². The van der Waals surface area contributed by atoms with E-state index in [4.69, 9.17) is 0 Å². The molecular formula is C16H21N5O2S2. The third-order valence-corrected chi connectivity index (χ3v) is 6.29. The van der Waals surface area contributed by atoms with Crippen molar-refractivity contribution in [3.05, 3.63) is 40.7 Å². The van der Waals surface area contributed by atoms with Crippen molar-refractivity contribution < 1.29 is 8.42 Å². The molecule has 7 nitrogen and oxygen atoms in total. The normalized spacial score (nSPS) is 12.8. The number of benzene rings is 1. The summed E-state index contributed by atoms with van der Waals surface area (Å²) in [7, 11) is -3.53. The van der Waals surface area contributed by atoms with Crippen LogP contribution in [0.1, 0.15) is 37.2 Å². The lowest BCUT2D eigenvalue weighted by atomic mass is 9.87. The summed E-state index contributed by atoms with van der Waals surface area (Å²) >= 11 is 1.41. The number of aryl methyl sites for hydroxylation is 1. The quantitative estimate of drug-likeness (QED) is 0.735. The Morgan fingerprint density at radius 1 is 1.16 bits per heavy atom. The smallest absolute Gasteiger partial charge is 0.211 e. The van der Waals surface area contributed by atoms with E-state index < -0.39 is 10.0 Å². The van der Waals surface area contributed by atoms with Crippen molar-refractivity contribution in [1.82, 2.24) is 24.5 Å². The summed E-state index contributed by atoms with van der Waals surface area (Å²) in [6, 6.07) is 7.02. The van der Waals surface area contributed by atoms with Gasteiger partial charge >= 0.3 is 0 Å². The summed E-state index contributed by atoms with van der Waals surface area (Å²) < 4.78 is 29.1. The van der Waals surface area contributed by atoms with Crippen LogP contribution in [-0.2, 0) is 21.9 Å². The summed E-state index contributed by atoms with van der Waals surface area (Å²) in [6.07, 6.45) is 0.507. The van der Waals surface area contributed by atoms with Crippen LogP contribution in [0.15, 0.2) is 29.2 Å². The van der Waals surface area contributed by atoms with E-state index in [-0.39, 0.29) is 16.9 Å². The van der Waals surface area contributed by atoms with Gasteiger partial charge in [-0.15, -0.1) is 10.2 Å². The van der Waals surface area contributed by atoms with Gasteiger partial charge in [0.2, 0.25) is 15.0 Å². The Morgan fingerprint density at radius 2 is 1.84 bits per heavy atom. The third kappa shape index (κ3) is 3.88. The topological polar surface area (TPSA) is 89.2 Å². The second kappa shape index (κ2) is 6.47. The summed E-state index contributed by atoms with van der Waals surface area (Å²) in [5.41, 5.74) is 1.09. The van der Waals surface area contributed by atoms with E-state index >= 15 is 0 Å². The molecule has 0 unspecified atom stereocenters. The molecule has 1 N–H and O–H groups in total. The van der Waals surface area contributed by atoms with Gasteiger partial charge in [0.05, 0.1) is 4.90 Å². The Bertz CT molecular complexity index is 982. The highest BCUT2D eigenvalue weighted by molar-refractivity contribution is 7.89. The minimum absolute atomic E-state index is 0.00882. The lowest BCUT2D eigenvalue weighted by Gasteiger charge is -2.19. The van der Waals surface area contributed by atoms with E-state index in [1.165, 1.54) is 11.3 Å². The van der Waals surface area contributed by atoms with E-state index in [9.17, 15) is 8.42 Å². The number of aromatic nitrogens is 4. The van der Waals surface area contributed by atoms with E-state index in [0.29, 0.717) is 11.4 Å². The van der Waals surface area contributed by atoms with Crippen LogP contribution >= 0.6 is 11.3 Å². The van der Waals surface area contributed by atoms with Gasteiger partial charge in [-0.2, -0.15) is 9.61 Å². The fourth-order valence-electron chi connectivity index (χ4n) is 2.37. The second-order valence-electron chi connectivity index (χ2n) is 6.86. The first kappa shape index (κ1) is 18.0. The standard InChI is InChI=1S/C16H21N5O2S2/c1-11-18-19-15-21(11)20-14(24-15)9-10-17-25(22,23)13-7-5-12(6-8-13)16(2,3)4/h5-8,17H,9-10H2,1-4H3. The minimum Gasteiger partial charge on any atom is -0.211 e. The first-order chi connectivity index (χ1) is 11.7.